The van der Waals surface area contributed by atoms with E-state index >= 15 is 0 Å². The molecule has 0 radical (unpaired) electrons. The maximum atomic E-state index is 11.5. The highest BCUT2D eigenvalue weighted by Gasteiger charge is 2.01. The molecule has 1 rings (SSSR count). The number of benzene rings is 1. The standard InChI is InChI=1S/C15H23NO2/c1-3-4-12-16-15(17)7-5-6-13-8-10-14(18-2)11-9-13/h8-11H,3-7,12H2,1-2H3,(H,16,17). The molecule has 3 nitrogen and oxygen atoms in total. The fourth-order valence-electron chi connectivity index (χ4n) is 1.74. The van der Waals surface area contributed by atoms with Gasteiger partial charge in [0.05, 0.1) is 7.11 Å². The number of carbonyl (C=O) groups is 1. The first-order chi connectivity index (χ1) is 8.76. The third-order valence-corrected chi connectivity index (χ3v) is 2.88. The van der Waals surface area contributed by atoms with Crippen LogP contribution < -0.4 is 10.1 Å². The summed E-state index contributed by atoms with van der Waals surface area (Å²) in [6, 6.07) is 8.01. The molecule has 0 saturated heterocycles. The number of amides is 1. The Morgan fingerprint density at radius 3 is 2.56 bits per heavy atom. The molecule has 1 aromatic rings. The van der Waals surface area contributed by atoms with Crippen LogP contribution in [0.2, 0.25) is 0 Å². The number of rotatable bonds is 8. The summed E-state index contributed by atoms with van der Waals surface area (Å²) in [7, 11) is 1.66. The summed E-state index contributed by atoms with van der Waals surface area (Å²) in [6.07, 6.45) is 4.61. The van der Waals surface area contributed by atoms with E-state index in [1.807, 2.05) is 24.3 Å². The molecular formula is C15H23NO2. The SMILES string of the molecule is CCCCNC(=O)CCCc1ccc(OC)cc1. The molecule has 0 heterocycles. The van der Waals surface area contributed by atoms with Gasteiger partial charge in [-0.1, -0.05) is 25.5 Å². The van der Waals surface area contributed by atoms with Crippen LogP contribution in [-0.2, 0) is 11.2 Å². The van der Waals surface area contributed by atoms with E-state index < -0.39 is 0 Å². The average molecular weight is 249 g/mol. The van der Waals surface area contributed by atoms with Gasteiger partial charge in [0.1, 0.15) is 5.75 Å². The molecule has 0 saturated carbocycles. The Kier molecular flexibility index (Phi) is 6.92. The molecule has 0 spiro atoms. The minimum Gasteiger partial charge on any atom is -0.497 e. The van der Waals surface area contributed by atoms with E-state index in [0.29, 0.717) is 6.42 Å². The second-order valence-electron chi connectivity index (χ2n) is 4.41. The first-order valence-electron chi connectivity index (χ1n) is 6.66. The van der Waals surface area contributed by atoms with Gasteiger partial charge in [-0.15, -0.1) is 0 Å². The van der Waals surface area contributed by atoms with Crippen molar-refractivity contribution < 1.29 is 9.53 Å². The first-order valence-corrected chi connectivity index (χ1v) is 6.66. The van der Waals surface area contributed by atoms with Crippen molar-refractivity contribution in [2.75, 3.05) is 13.7 Å². The third kappa shape index (κ3) is 5.71. The van der Waals surface area contributed by atoms with Gasteiger partial charge in [-0.2, -0.15) is 0 Å². The highest BCUT2D eigenvalue weighted by atomic mass is 16.5. The molecule has 18 heavy (non-hydrogen) atoms. The molecule has 0 atom stereocenters. The van der Waals surface area contributed by atoms with Crippen molar-refractivity contribution in [2.45, 2.75) is 39.0 Å². The van der Waals surface area contributed by atoms with Crippen LogP contribution >= 0.6 is 0 Å². The molecule has 0 aliphatic heterocycles. The lowest BCUT2D eigenvalue weighted by molar-refractivity contribution is -0.121. The Morgan fingerprint density at radius 1 is 1.22 bits per heavy atom. The maximum Gasteiger partial charge on any atom is 0.220 e. The van der Waals surface area contributed by atoms with E-state index in [-0.39, 0.29) is 5.91 Å². The van der Waals surface area contributed by atoms with Crippen LogP contribution in [-0.4, -0.2) is 19.6 Å². The van der Waals surface area contributed by atoms with Crippen molar-refractivity contribution in [3.05, 3.63) is 29.8 Å². The van der Waals surface area contributed by atoms with Gasteiger partial charge < -0.3 is 10.1 Å². The van der Waals surface area contributed by atoms with Gasteiger partial charge in [-0.25, -0.2) is 0 Å². The van der Waals surface area contributed by atoms with Crippen molar-refractivity contribution in [3.63, 3.8) is 0 Å². The molecule has 0 aliphatic rings. The highest BCUT2D eigenvalue weighted by molar-refractivity contribution is 5.75. The lowest BCUT2D eigenvalue weighted by atomic mass is 10.1. The third-order valence-electron chi connectivity index (χ3n) is 2.88. The van der Waals surface area contributed by atoms with Crippen molar-refractivity contribution in [1.82, 2.24) is 5.32 Å². The van der Waals surface area contributed by atoms with Crippen LogP contribution in [0.5, 0.6) is 5.75 Å². The van der Waals surface area contributed by atoms with E-state index in [1.54, 1.807) is 7.11 Å². The zero-order valence-electron chi connectivity index (χ0n) is 11.4. The van der Waals surface area contributed by atoms with Crippen LogP contribution in [0.15, 0.2) is 24.3 Å². The van der Waals surface area contributed by atoms with Crippen molar-refractivity contribution >= 4 is 5.91 Å². The van der Waals surface area contributed by atoms with Gasteiger partial charge in [0.15, 0.2) is 0 Å². The number of hydrogen-bond acceptors (Lipinski definition) is 2. The minimum atomic E-state index is 0.164. The Labute approximate surface area is 110 Å². The van der Waals surface area contributed by atoms with Gasteiger partial charge in [0.25, 0.3) is 0 Å². The molecule has 0 aliphatic carbocycles. The number of carbonyl (C=O) groups excluding carboxylic acids is 1. The molecular weight excluding hydrogens is 226 g/mol. The van der Waals surface area contributed by atoms with Crippen molar-refractivity contribution in [1.29, 1.82) is 0 Å². The fraction of sp³-hybridized carbons (Fsp3) is 0.533. The maximum absolute atomic E-state index is 11.5. The smallest absolute Gasteiger partial charge is 0.220 e. The predicted octanol–water partition coefficient (Wildman–Crippen LogP) is 2.93. The second kappa shape index (κ2) is 8.56. The molecule has 3 heteroatoms. The monoisotopic (exact) mass is 249 g/mol. The zero-order valence-corrected chi connectivity index (χ0v) is 11.4. The number of aryl methyl sites for hydroxylation is 1. The van der Waals surface area contributed by atoms with Crippen molar-refractivity contribution in [3.8, 4) is 5.75 Å². The Hall–Kier alpha value is -1.51. The summed E-state index contributed by atoms with van der Waals surface area (Å²) in [6.45, 7) is 2.92. The summed E-state index contributed by atoms with van der Waals surface area (Å²) in [4.78, 5) is 11.5. The molecule has 0 unspecified atom stereocenters. The van der Waals surface area contributed by atoms with Crippen LogP contribution in [0.3, 0.4) is 0 Å². The number of hydrogen-bond donors (Lipinski definition) is 1. The summed E-state index contributed by atoms with van der Waals surface area (Å²) in [5.74, 6) is 1.04. The van der Waals surface area contributed by atoms with E-state index in [4.69, 9.17) is 4.74 Å². The van der Waals surface area contributed by atoms with Crippen LogP contribution in [0.1, 0.15) is 38.2 Å². The van der Waals surface area contributed by atoms with Crippen molar-refractivity contribution in [2.24, 2.45) is 0 Å². The largest absolute Gasteiger partial charge is 0.497 e. The zero-order chi connectivity index (χ0) is 13.2. The summed E-state index contributed by atoms with van der Waals surface area (Å²) in [5.41, 5.74) is 1.25. The van der Waals surface area contributed by atoms with Crippen LogP contribution in [0, 0.1) is 0 Å². The predicted molar refractivity (Wildman–Crippen MR) is 73.8 cm³/mol. The first kappa shape index (κ1) is 14.6. The number of methoxy groups -OCH3 is 1. The summed E-state index contributed by atoms with van der Waals surface area (Å²) < 4.78 is 5.10. The Morgan fingerprint density at radius 2 is 1.94 bits per heavy atom. The number of unbranched alkanes of at least 4 members (excludes halogenated alkanes) is 1. The second-order valence-corrected chi connectivity index (χ2v) is 4.41. The lowest BCUT2D eigenvalue weighted by Gasteiger charge is -2.05. The lowest BCUT2D eigenvalue weighted by Crippen LogP contribution is -2.23. The molecule has 1 aromatic carbocycles. The van der Waals surface area contributed by atoms with Crippen LogP contribution in [0.4, 0.5) is 0 Å². The fourth-order valence-corrected chi connectivity index (χ4v) is 1.74. The molecule has 100 valence electrons. The normalized spacial score (nSPS) is 10.1. The highest BCUT2D eigenvalue weighted by Crippen LogP contribution is 2.13. The molecule has 1 N–H and O–H groups in total. The van der Waals surface area contributed by atoms with Gasteiger partial charge in [-0.3, -0.25) is 4.79 Å². The van der Waals surface area contributed by atoms with Gasteiger partial charge >= 0.3 is 0 Å². The quantitative estimate of drug-likeness (QED) is 0.719. The average Bonchev–Trinajstić information content (AvgIpc) is 2.40. The Bertz CT molecular complexity index is 346. The molecule has 0 bridgehead atoms. The molecule has 1 amide bonds. The molecule has 0 fully saturated rings. The number of ether oxygens (including phenoxy) is 1. The van der Waals surface area contributed by atoms with E-state index in [2.05, 4.69) is 12.2 Å². The Balaban J connectivity index is 2.18. The van der Waals surface area contributed by atoms with Gasteiger partial charge in [-0.05, 0) is 37.0 Å². The minimum absolute atomic E-state index is 0.164. The topological polar surface area (TPSA) is 38.3 Å². The van der Waals surface area contributed by atoms with Gasteiger partial charge in [0, 0.05) is 13.0 Å². The summed E-state index contributed by atoms with van der Waals surface area (Å²) in [5, 5.41) is 2.93. The number of nitrogens with one attached hydrogen (secondary N) is 1. The van der Waals surface area contributed by atoms with E-state index in [1.165, 1.54) is 5.56 Å². The van der Waals surface area contributed by atoms with E-state index in [9.17, 15) is 4.79 Å². The van der Waals surface area contributed by atoms with E-state index in [0.717, 1.165) is 38.0 Å². The summed E-state index contributed by atoms with van der Waals surface area (Å²) >= 11 is 0. The van der Waals surface area contributed by atoms with Gasteiger partial charge in [0.2, 0.25) is 5.91 Å². The molecule has 0 aromatic heterocycles. The van der Waals surface area contributed by atoms with Crippen LogP contribution in [0.25, 0.3) is 0 Å².